The molecule has 2 N–H and O–H groups in total. The lowest BCUT2D eigenvalue weighted by molar-refractivity contribution is -0.0277. The molecule has 0 radical (unpaired) electrons. The molecule has 164 valence electrons. The van der Waals surface area contributed by atoms with Crippen molar-refractivity contribution in [1.29, 1.82) is 0 Å². The molecule has 2 aliphatic rings. The van der Waals surface area contributed by atoms with E-state index >= 15 is 0 Å². The third kappa shape index (κ3) is 5.56. The summed E-state index contributed by atoms with van der Waals surface area (Å²) in [4.78, 5) is 2.64. The number of piperidine rings is 1. The zero-order valence-corrected chi connectivity index (χ0v) is 18.7. The molecule has 0 spiro atoms. The van der Waals surface area contributed by atoms with E-state index in [0.29, 0.717) is 16.8 Å². The van der Waals surface area contributed by atoms with Crippen LogP contribution in [0.2, 0.25) is 5.02 Å². The number of nitrogens with zero attached hydrogens (tertiary/aromatic N) is 2. The van der Waals surface area contributed by atoms with Crippen LogP contribution in [0.4, 0.5) is 11.4 Å². The van der Waals surface area contributed by atoms with Crippen LogP contribution in [-0.4, -0.2) is 47.5 Å². The van der Waals surface area contributed by atoms with E-state index in [2.05, 4.69) is 24.1 Å². The molecule has 2 fully saturated rings. The Morgan fingerprint density at radius 2 is 1.93 bits per heavy atom. The molecule has 1 aliphatic heterocycles. The number of anilines is 2. The van der Waals surface area contributed by atoms with Crippen molar-refractivity contribution in [3.63, 3.8) is 0 Å². The van der Waals surface area contributed by atoms with Crippen LogP contribution in [0, 0.1) is 12.1 Å². The van der Waals surface area contributed by atoms with Gasteiger partial charge in [-0.2, -0.15) is 0 Å². The highest BCUT2D eigenvalue weighted by molar-refractivity contribution is 6.31. The van der Waals surface area contributed by atoms with Crippen molar-refractivity contribution < 1.29 is 9.94 Å². The molecule has 1 aromatic rings. The average molecular weight is 425 g/mol. The third-order valence-electron chi connectivity index (χ3n) is 6.67. The summed E-state index contributed by atoms with van der Waals surface area (Å²) in [5, 5.41) is 24.8. The zero-order chi connectivity index (χ0) is 21.0. The van der Waals surface area contributed by atoms with Crippen molar-refractivity contribution in [2.75, 3.05) is 30.2 Å². The van der Waals surface area contributed by atoms with Crippen LogP contribution < -0.4 is 10.5 Å². The maximum atomic E-state index is 11.5. The topological polar surface area (TPSA) is 71.0 Å². The zero-order valence-electron chi connectivity index (χ0n) is 17.9. The molecular formula is C22H35ClN3O3-. The summed E-state index contributed by atoms with van der Waals surface area (Å²) in [5.41, 5.74) is 1.95. The Bertz CT molecular complexity index is 670. The summed E-state index contributed by atoms with van der Waals surface area (Å²) in [6.07, 6.45) is 8.22. The van der Waals surface area contributed by atoms with Gasteiger partial charge in [0.1, 0.15) is 0 Å². The molecule has 3 rings (SSSR count). The molecule has 0 aromatic heterocycles. The monoisotopic (exact) mass is 424 g/mol. The molecule has 1 saturated heterocycles. The molecule has 0 bridgehead atoms. The summed E-state index contributed by atoms with van der Waals surface area (Å²) in [6.45, 7) is 9.41. The molecule has 1 aromatic carbocycles. The van der Waals surface area contributed by atoms with Gasteiger partial charge >= 0.3 is 0 Å². The molecule has 1 saturated carbocycles. The van der Waals surface area contributed by atoms with Gasteiger partial charge in [-0.1, -0.05) is 18.5 Å². The van der Waals surface area contributed by atoms with Crippen molar-refractivity contribution in [2.24, 2.45) is 0 Å². The summed E-state index contributed by atoms with van der Waals surface area (Å²) >= 11 is 6.11. The van der Waals surface area contributed by atoms with Crippen LogP contribution in [-0.2, 0) is 4.74 Å². The summed E-state index contributed by atoms with van der Waals surface area (Å²) in [6, 6.07) is 3.63. The predicted octanol–water partition coefficient (Wildman–Crippen LogP) is 5.35. The first-order valence-electron chi connectivity index (χ1n) is 10.9. The Kier molecular flexibility index (Phi) is 7.68. The van der Waals surface area contributed by atoms with E-state index in [-0.39, 0.29) is 22.5 Å². The van der Waals surface area contributed by atoms with Crippen molar-refractivity contribution in [3.05, 3.63) is 27.9 Å². The van der Waals surface area contributed by atoms with Crippen molar-refractivity contribution >= 4 is 23.0 Å². The van der Waals surface area contributed by atoms with Gasteiger partial charge in [0, 0.05) is 36.3 Å². The molecule has 0 unspecified atom stereocenters. The summed E-state index contributed by atoms with van der Waals surface area (Å²) < 4.78 is 5.96. The fourth-order valence-electron chi connectivity index (χ4n) is 4.71. The first-order chi connectivity index (χ1) is 13.8. The van der Waals surface area contributed by atoms with Gasteiger partial charge in [0.2, 0.25) is 0 Å². The van der Waals surface area contributed by atoms with Gasteiger partial charge in [-0.05, 0) is 76.5 Å². The molecule has 1 aliphatic carbocycles. The van der Waals surface area contributed by atoms with Gasteiger partial charge in [0.25, 0.3) is 0 Å². The number of halogens is 1. The first kappa shape index (κ1) is 22.6. The number of ether oxygens (including phenoxy) is 1. The second-order valence-corrected chi connectivity index (χ2v) is 9.27. The Morgan fingerprint density at radius 3 is 2.52 bits per heavy atom. The van der Waals surface area contributed by atoms with E-state index in [1.807, 2.05) is 13.0 Å². The van der Waals surface area contributed by atoms with E-state index in [9.17, 15) is 10.4 Å². The molecule has 7 heteroatoms. The van der Waals surface area contributed by atoms with Gasteiger partial charge in [0.05, 0.1) is 17.5 Å². The Labute approximate surface area is 179 Å². The van der Waals surface area contributed by atoms with Crippen molar-refractivity contribution in [3.8, 4) is 0 Å². The van der Waals surface area contributed by atoms with Gasteiger partial charge in [0.15, 0.2) is 0 Å². The quantitative estimate of drug-likeness (QED) is 0.575. The highest BCUT2D eigenvalue weighted by atomic mass is 35.5. The van der Waals surface area contributed by atoms with E-state index in [1.54, 1.807) is 0 Å². The van der Waals surface area contributed by atoms with E-state index in [1.165, 1.54) is 18.9 Å². The summed E-state index contributed by atoms with van der Waals surface area (Å²) in [5.74, 6) is 0. The highest BCUT2D eigenvalue weighted by Crippen LogP contribution is 2.37. The first-order valence-corrected chi connectivity index (χ1v) is 11.3. The molecule has 0 atom stereocenters. The number of hydrogen-bond acceptors (Lipinski definition) is 6. The Morgan fingerprint density at radius 1 is 1.28 bits per heavy atom. The van der Waals surface area contributed by atoms with Gasteiger partial charge in [-0.15, -0.1) is 0 Å². The van der Waals surface area contributed by atoms with Gasteiger partial charge < -0.3 is 20.5 Å². The normalized spacial score (nSPS) is 26.5. The minimum Gasteiger partial charge on any atom is -0.733 e. The van der Waals surface area contributed by atoms with Crippen LogP contribution in [0.3, 0.4) is 0 Å². The molecule has 0 amide bonds. The number of aryl methyl sites for hydroxylation is 1. The maximum absolute atomic E-state index is 11.5. The number of benzene rings is 1. The Hall–Kier alpha value is -1.05. The maximum Gasteiger partial charge on any atom is 0.0756 e. The largest absolute Gasteiger partial charge is 0.733 e. The predicted molar refractivity (Wildman–Crippen MR) is 119 cm³/mol. The third-order valence-corrected chi connectivity index (χ3v) is 7.08. The van der Waals surface area contributed by atoms with Gasteiger partial charge in [-0.3, -0.25) is 10.1 Å². The lowest BCUT2D eigenvalue weighted by Crippen LogP contribution is -2.53. The minimum atomic E-state index is -0.108. The number of hydrogen-bond donors (Lipinski definition) is 2. The van der Waals surface area contributed by atoms with Crippen LogP contribution in [0.15, 0.2) is 12.1 Å². The highest BCUT2D eigenvalue weighted by Gasteiger charge is 2.38. The smallest absolute Gasteiger partial charge is 0.0756 e. The van der Waals surface area contributed by atoms with Crippen LogP contribution in [0.25, 0.3) is 0 Å². The molecule has 1 heterocycles. The molecule has 29 heavy (non-hydrogen) atoms. The fourth-order valence-corrected chi connectivity index (χ4v) is 4.87. The average Bonchev–Trinajstić information content (AvgIpc) is 2.70. The van der Waals surface area contributed by atoms with Crippen LogP contribution in [0.1, 0.15) is 64.4 Å². The Balaban J connectivity index is 1.54. The number of likely N-dealkylation sites (tertiary alicyclic amines) is 1. The molecule has 6 nitrogen and oxygen atoms in total. The van der Waals surface area contributed by atoms with E-state index in [0.717, 1.165) is 57.4 Å². The van der Waals surface area contributed by atoms with Crippen molar-refractivity contribution in [1.82, 2.24) is 4.90 Å². The molecular weight excluding hydrogens is 390 g/mol. The lowest BCUT2D eigenvalue weighted by atomic mass is 9.79. The summed E-state index contributed by atoms with van der Waals surface area (Å²) in [7, 11) is 0. The lowest BCUT2D eigenvalue weighted by Gasteiger charge is -2.48. The second kappa shape index (κ2) is 9.84. The van der Waals surface area contributed by atoms with Crippen LogP contribution >= 0.6 is 11.6 Å². The SMILES string of the molecule is CCCOC1CCC(C)(N2CCC(Nc3cc(C)c(Cl)cc3N([O-])O)CC2)CC1. The number of rotatable bonds is 7. The van der Waals surface area contributed by atoms with E-state index in [4.69, 9.17) is 16.3 Å². The van der Waals surface area contributed by atoms with Crippen molar-refractivity contribution in [2.45, 2.75) is 83.4 Å². The second-order valence-electron chi connectivity index (χ2n) is 8.86. The van der Waals surface area contributed by atoms with E-state index < -0.39 is 0 Å². The standard InChI is InChI=1S/C22H35ClN3O3/c1-4-13-29-18-5-9-22(3,10-6-18)25-11-7-17(8-12-25)24-20-14-16(2)19(23)15-21(20)26(27)28/h14-15,17-18,24,27H,4-13H2,1-3H3/q-1. The van der Waals surface area contributed by atoms with Gasteiger partial charge in [-0.25, -0.2) is 0 Å². The van der Waals surface area contributed by atoms with Crippen LogP contribution in [0.5, 0.6) is 0 Å². The minimum absolute atomic E-state index is 0.108. The number of nitrogens with one attached hydrogen (secondary N) is 1. The fraction of sp³-hybridized carbons (Fsp3) is 0.727.